The molecule has 0 saturated heterocycles. The quantitative estimate of drug-likeness (QED) is 0.185. The van der Waals surface area contributed by atoms with Crippen LogP contribution in [0.15, 0.2) is 69.6 Å². The fourth-order valence-corrected chi connectivity index (χ4v) is 7.74. The van der Waals surface area contributed by atoms with Crippen LogP contribution in [0.3, 0.4) is 0 Å². The number of aromatic nitrogens is 4. The molecule has 1 aromatic carbocycles. The zero-order chi connectivity index (χ0) is 23.4. The number of hydrogen-bond acceptors (Lipinski definition) is 2. The van der Waals surface area contributed by atoms with Crippen molar-refractivity contribution in [2.75, 3.05) is 0 Å². The average Bonchev–Trinajstić information content (AvgIpc) is 3.58. The van der Waals surface area contributed by atoms with Gasteiger partial charge in [-0.05, 0) is 102 Å². The molecule has 2 aliphatic heterocycles. The van der Waals surface area contributed by atoms with Crippen molar-refractivity contribution < 1.29 is 16.8 Å². The van der Waals surface area contributed by atoms with Crippen molar-refractivity contribution in [3.8, 4) is 11.1 Å². The number of rotatable bonds is 1. The van der Waals surface area contributed by atoms with Gasteiger partial charge in [-0.3, -0.25) is 3.59 Å². The Bertz CT molecular complexity index is 1700. The predicted octanol–water partition coefficient (Wildman–Crippen LogP) is 9.20. The average molecular weight is 761 g/mol. The Labute approximate surface area is 245 Å². The van der Waals surface area contributed by atoms with Crippen molar-refractivity contribution >= 4 is 109 Å². The molecular weight excluding hydrogens is 747 g/mol. The summed E-state index contributed by atoms with van der Waals surface area (Å²) in [5, 5.41) is 0. The Hall–Kier alpha value is -1.75. The molecule has 175 valence electrons. The van der Waals surface area contributed by atoms with Crippen LogP contribution in [-0.2, 0) is 16.8 Å². The van der Waals surface area contributed by atoms with Crippen molar-refractivity contribution in [2.45, 2.75) is 0 Å². The molecule has 1 radical (unpaired) electrons. The third-order valence-corrected chi connectivity index (χ3v) is 8.48. The molecule has 0 amide bonds. The zero-order valence-corrected chi connectivity index (χ0v) is 25.1. The molecule has 9 heteroatoms. The topological polar surface area (TPSA) is 46.5 Å². The first-order chi connectivity index (χ1) is 16.5. The van der Waals surface area contributed by atoms with Crippen LogP contribution in [0.2, 0.25) is 0 Å². The zero-order valence-electron chi connectivity index (χ0n) is 17.7. The van der Waals surface area contributed by atoms with Gasteiger partial charge in [0.15, 0.2) is 0 Å². The van der Waals surface area contributed by atoms with E-state index in [2.05, 4.69) is 87.1 Å². The van der Waals surface area contributed by atoms with Gasteiger partial charge in [0.1, 0.15) is 0 Å². The number of hydrogen-bond donors (Lipinski definition) is 1. The SMILES string of the molecule is BrC1=Cc2cc3ccc(cc4nc(cc5c(-c6ccccc6)c(Br)c(c(Br)c1n2)n5Br)C=C4)[nH]3.[Co]. The van der Waals surface area contributed by atoms with Crippen molar-refractivity contribution in [3.05, 3.63) is 92.4 Å². The minimum Gasteiger partial charge on any atom is -0.355 e. The van der Waals surface area contributed by atoms with Gasteiger partial charge in [0.2, 0.25) is 0 Å². The third-order valence-electron chi connectivity index (χ3n) is 5.62. The molecule has 0 atom stereocenters. The van der Waals surface area contributed by atoms with Gasteiger partial charge in [-0.25, -0.2) is 9.97 Å². The number of halogens is 4. The van der Waals surface area contributed by atoms with Crippen LogP contribution in [0.5, 0.6) is 0 Å². The van der Waals surface area contributed by atoms with Gasteiger partial charge in [0.05, 0.1) is 58.9 Å². The standard InChI is InChI=1S/C26H14Br4N4.Co/c27-20-12-19-11-17-7-6-15(31-17)10-16-8-9-18(32-16)13-21-22(14-4-2-1-3-5-14)23(28)26(34(21)30)24(29)25(20)33-19;/h1-13,31H;. The van der Waals surface area contributed by atoms with E-state index in [0.717, 1.165) is 69.4 Å². The first-order valence-corrected chi connectivity index (χ1v) is 13.5. The Morgan fingerprint density at radius 2 is 1.40 bits per heavy atom. The van der Waals surface area contributed by atoms with Crippen LogP contribution >= 0.6 is 63.9 Å². The first kappa shape index (κ1) is 24.9. The van der Waals surface area contributed by atoms with E-state index in [4.69, 9.17) is 9.97 Å². The molecule has 0 fully saturated rings. The second-order valence-corrected chi connectivity index (χ2v) is 11.0. The van der Waals surface area contributed by atoms with E-state index in [1.165, 1.54) is 0 Å². The van der Waals surface area contributed by atoms with Crippen LogP contribution < -0.4 is 0 Å². The first-order valence-electron chi connectivity index (χ1n) is 10.4. The Morgan fingerprint density at radius 3 is 2.11 bits per heavy atom. The summed E-state index contributed by atoms with van der Waals surface area (Å²) >= 11 is 15.3. The third kappa shape index (κ3) is 4.58. The summed E-state index contributed by atoms with van der Waals surface area (Å²) in [4.78, 5) is 13.1. The largest absolute Gasteiger partial charge is 0.355 e. The molecule has 0 spiro atoms. The van der Waals surface area contributed by atoms with Crippen molar-refractivity contribution in [1.82, 2.24) is 18.5 Å². The molecule has 0 unspecified atom stereocenters. The normalized spacial score (nSPS) is 12.4. The summed E-state index contributed by atoms with van der Waals surface area (Å²) in [5.74, 6) is 0. The molecule has 0 aliphatic carbocycles. The van der Waals surface area contributed by atoms with E-state index in [1.807, 2.05) is 64.3 Å². The van der Waals surface area contributed by atoms with Gasteiger partial charge in [-0.2, -0.15) is 0 Å². The summed E-state index contributed by atoms with van der Waals surface area (Å²) in [6.45, 7) is 0. The number of benzene rings is 1. The number of aromatic amines is 1. The molecule has 4 aromatic rings. The van der Waals surface area contributed by atoms with E-state index < -0.39 is 0 Å². The fourth-order valence-electron chi connectivity index (χ4n) is 4.09. The molecule has 4 nitrogen and oxygen atoms in total. The van der Waals surface area contributed by atoms with Gasteiger partial charge in [0, 0.05) is 37.9 Å². The van der Waals surface area contributed by atoms with Crippen LogP contribution in [-0.4, -0.2) is 18.5 Å². The summed E-state index contributed by atoms with van der Waals surface area (Å²) in [6, 6.07) is 20.6. The van der Waals surface area contributed by atoms with E-state index >= 15 is 0 Å². The minimum atomic E-state index is 0. The van der Waals surface area contributed by atoms with Crippen molar-refractivity contribution in [1.29, 1.82) is 0 Å². The van der Waals surface area contributed by atoms with Gasteiger partial charge in [-0.1, -0.05) is 30.3 Å². The van der Waals surface area contributed by atoms with Crippen LogP contribution in [0.25, 0.3) is 55.9 Å². The van der Waals surface area contributed by atoms with Gasteiger partial charge >= 0.3 is 0 Å². The van der Waals surface area contributed by atoms with Crippen LogP contribution in [0.4, 0.5) is 0 Å². The van der Waals surface area contributed by atoms with E-state index in [-0.39, 0.29) is 16.8 Å². The molecule has 1 N–H and O–H groups in total. The summed E-state index contributed by atoms with van der Waals surface area (Å²) in [6.07, 6.45) is 6.07. The van der Waals surface area contributed by atoms with E-state index in [9.17, 15) is 0 Å². The maximum atomic E-state index is 4.89. The predicted molar refractivity (Wildman–Crippen MR) is 156 cm³/mol. The maximum absolute atomic E-state index is 4.89. The second-order valence-electron chi connectivity index (χ2n) is 7.86. The summed E-state index contributed by atoms with van der Waals surface area (Å²) in [7, 11) is 0. The molecule has 5 heterocycles. The number of fused-ring (bicyclic) bond motifs is 8. The molecule has 8 bridgehead atoms. The van der Waals surface area contributed by atoms with Crippen LogP contribution in [0.1, 0.15) is 22.8 Å². The Morgan fingerprint density at radius 1 is 0.743 bits per heavy atom. The smallest absolute Gasteiger partial charge is 0.0943 e. The fraction of sp³-hybridized carbons (Fsp3) is 0. The summed E-state index contributed by atoms with van der Waals surface area (Å²) in [5.41, 5.74) is 9.44. The minimum absolute atomic E-state index is 0. The molecule has 0 saturated carbocycles. The van der Waals surface area contributed by atoms with E-state index in [0.29, 0.717) is 0 Å². The molecule has 6 rings (SSSR count). The van der Waals surface area contributed by atoms with Crippen molar-refractivity contribution in [3.63, 3.8) is 0 Å². The van der Waals surface area contributed by atoms with Gasteiger partial charge < -0.3 is 4.98 Å². The summed E-state index contributed by atoms with van der Waals surface area (Å²) < 4.78 is 4.70. The number of nitrogens with zero attached hydrogens (tertiary/aromatic N) is 3. The number of H-pyrrole nitrogens is 1. The second kappa shape index (κ2) is 9.95. The Balaban J connectivity index is 0.00000253. The molecular formula is C26H14Br4CoN4. The van der Waals surface area contributed by atoms with Crippen molar-refractivity contribution in [2.24, 2.45) is 0 Å². The maximum Gasteiger partial charge on any atom is 0.0943 e. The van der Waals surface area contributed by atoms with Gasteiger partial charge in [-0.15, -0.1) is 0 Å². The van der Waals surface area contributed by atoms with Crippen LogP contribution in [0, 0.1) is 0 Å². The monoisotopic (exact) mass is 757 g/mol. The molecule has 35 heavy (non-hydrogen) atoms. The number of nitrogens with one attached hydrogen (secondary N) is 1. The molecule has 2 aliphatic rings. The Kier molecular flexibility index (Phi) is 7.09. The molecule has 3 aromatic heterocycles. The van der Waals surface area contributed by atoms with E-state index in [1.54, 1.807) is 0 Å². The van der Waals surface area contributed by atoms with Gasteiger partial charge in [0.25, 0.3) is 0 Å².